The van der Waals surface area contributed by atoms with E-state index in [-0.39, 0.29) is 23.4 Å². The molecule has 0 spiro atoms. The van der Waals surface area contributed by atoms with Crippen molar-refractivity contribution in [3.8, 4) is 11.5 Å². The number of hydrogen-bond acceptors (Lipinski definition) is 5. The van der Waals surface area contributed by atoms with Gasteiger partial charge in [-0.05, 0) is 54.8 Å². The number of rotatable bonds is 5. The fourth-order valence-corrected chi connectivity index (χ4v) is 5.07. The molecule has 0 aliphatic carbocycles. The van der Waals surface area contributed by atoms with E-state index in [1.165, 1.54) is 19.2 Å². The number of carbonyl (C=O) groups is 1. The Hall–Kier alpha value is -2.65. The Morgan fingerprint density at radius 3 is 2.55 bits per heavy atom. The maximum atomic E-state index is 13.1. The second-order valence-electron chi connectivity index (χ2n) is 7.72. The summed E-state index contributed by atoms with van der Waals surface area (Å²) in [6.45, 7) is 1.45. The molecule has 0 unspecified atom stereocenters. The summed E-state index contributed by atoms with van der Waals surface area (Å²) in [4.78, 5) is 14.7. The highest BCUT2D eigenvalue weighted by atomic mass is 32.2. The van der Waals surface area contributed by atoms with Gasteiger partial charge in [0.25, 0.3) is 0 Å². The molecule has 1 atom stereocenters. The van der Waals surface area contributed by atoms with Crippen LogP contribution < -0.4 is 9.47 Å². The summed E-state index contributed by atoms with van der Waals surface area (Å²) in [5, 5.41) is 0. The van der Waals surface area contributed by atoms with Crippen molar-refractivity contribution in [1.82, 2.24) is 9.21 Å². The van der Waals surface area contributed by atoms with Crippen molar-refractivity contribution in [2.75, 3.05) is 33.4 Å². The molecule has 2 aromatic carbocycles. The van der Waals surface area contributed by atoms with Crippen LogP contribution in [0.2, 0.25) is 0 Å². The number of likely N-dealkylation sites (tertiary alicyclic amines) is 1. The van der Waals surface area contributed by atoms with Gasteiger partial charge >= 0.3 is 0 Å². The minimum atomic E-state index is -3.90. The summed E-state index contributed by atoms with van der Waals surface area (Å²) in [7, 11) is -2.54. The van der Waals surface area contributed by atoms with Gasteiger partial charge in [-0.3, -0.25) is 4.79 Å². The highest BCUT2D eigenvalue weighted by Gasteiger charge is 2.33. The molecule has 31 heavy (non-hydrogen) atoms. The van der Waals surface area contributed by atoms with Gasteiger partial charge in [0.2, 0.25) is 15.9 Å². The Kier molecular flexibility index (Phi) is 6.15. The van der Waals surface area contributed by atoms with E-state index in [0.717, 1.165) is 41.3 Å². The van der Waals surface area contributed by atoms with Gasteiger partial charge in [0.15, 0.2) is 11.5 Å². The van der Waals surface area contributed by atoms with Gasteiger partial charge in [-0.2, -0.15) is 4.31 Å². The Morgan fingerprint density at radius 2 is 1.81 bits per heavy atom. The minimum absolute atomic E-state index is 0.0509. The van der Waals surface area contributed by atoms with Crippen molar-refractivity contribution in [2.45, 2.75) is 30.2 Å². The molecule has 0 bridgehead atoms. The fraction of sp³-hybridized carbons (Fsp3) is 0.409. The van der Waals surface area contributed by atoms with E-state index < -0.39 is 15.8 Å². The van der Waals surface area contributed by atoms with Crippen LogP contribution >= 0.6 is 0 Å². The third kappa shape index (κ3) is 4.52. The molecule has 4 rings (SSSR count). The first kappa shape index (κ1) is 21.6. The molecular formula is C22H25FN2O5S. The summed E-state index contributed by atoms with van der Waals surface area (Å²) in [5.74, 6) is 0.572. The third-order valence-corrected chi connectivity index (χ3v) is 7.43. The lowest BCUT2D eigenvalue weighted by Gasteiger charge is -2.27. The number of benzene rings is 2. The van der Waals surface area contributed by atoms with Crippen LogP contribution in [0, 0.1) is 5.82 Å². The van der Waals surface area contributed by atoms with Crippen LogP contribution in [0.15, 0.2) is 47.4 Å². The Morgan fingerprint density at radius 1 is 1.10 bits per heavy atom. The predicted molar refractivity (Wildman–Crippen MR) is 112 cm³/mol. The molecule has 2 aliphatic rings. The highest BCUT2D eigenvalue weighted by Crippen LogP contribution is 2.38. The topological polar surface area (TPSA) is 76.2 Å². The molecule has 1 fully saturated rings. The first-order chi connectivity index (χ1) is 14.9. The molecule has 1 amide bonds. The molecule has 7 nitrogen and oxygen atoms in total. The van der Waals surface area contributed by atoms with Crippen molar-refractivity contribution >= 4 is 15.9 Å². The van der Waals surface area contributed by atoms with Crippen LogP contribution in [0.4, 0.5) is 4.39 Å². The zero-order valence-corrected chi connectivity index (χ0v) is 18.1. The summed E-state index contributed by atoms with van der Waals surface area (Å²) >= 11 is 0. The van der Waals surface area contributed by atoms with Crippen molar-refractivity contribution in [2.24, 2.45) is 0 Å². The summed E-state index contributed by atoms with van der Waals surface area (Å²) in [6, 6.07) is 10.1. The van der Waals surface area contributed by atoms with Crippen LogP contribution in [0.3, 0.4) is 0 Å². The number of sulfonamides is 1. The van der Waals surface area contributed by atoms with Gasteiger partial charge in [0.1, 0.15) is 5.82 Å². The highest BCUT2D eigenvalue weighted by molar-refractivity contribution is 7.89. The standard InChI is InChI=1S/C22H25FN2O5S/c1-24(31(27,28)18-8-6-17(23)7-9-18)15-22(26)25-11-2-4-19(25)16-5-10-20-21(14-16)30-13-3-12-29-20/h5-10,14,19H,2-4,11-13,15H2,1H3/t19-/m1/s1. The Bertz CT molecular complexity index is 1060. The Labute approximate surface area is 181 Å². The quantitative estimate of drug-likeness (QED) is 0.703. The smallest absolute Gasteiger partial charge is 0.243 e. The number of halogens is 1. The molecule has 1 saturated heterocycles. The lowest BCUT2D eigenvalue weighted by Crippen LogP contribution is -2.40. The first-order valence-electron chi connectivity index (χ1n) is 10.3. The van der Waals surface area contributed by atoms with Crippen LogP contribution in [0.25, 0.3) is 0 Å². The van der Waals surface area contributed by atoms with E-state index in [0.29, 0.717) is 31.3 Å². The second-order valence-corrected chi connectivity index (χ2v) is 9.76. The van der Waals surface area contributed by atoms with Gasteiger partial charge in [-0.15, -0.1) is 0 Å². The van der Waals surface area contributed by atoms with E-state index >= 15 is 0 Å². The summed E-state index contributed by atoms with van der Waals surface area (Å²) < 4.78 is 51.1. The van der Waals surface area contributed by atoms with Crippen molar-refractivity contribution in [1.29, 1.82) is 0 Å². The second kappa shape index (κ2) is 8.84. The normalized spacial score (nSPS) is 18.8. The molecule has 0 aromatic heterocycles. The van der Waals surface area contributed by atoms with Crippen LogP contribution in [-0.4, -0.2) is 56.9 Å². The zero-order valence-electron chi connectivity index (χ0n) is 17.3. The monoisotopic (exact) mass is 448 g/mol. The summed E-state index contributed by atoms with van der Waals surface area (Å²) in [5.41, 5.74) is 0.944. The maximum Gasteiger partial charge on any atom is 0.243 e. The third-order valence-electron chi connectivity index (χ3n) is 5.61. The van der Waals surface area contributed by atoms with Gasteiger partial charge in [-0.1, -0.05) is 6.07 Å². The number of likely N-dealkylation sites (N-methyl/N-ethyl adjacent to an activating group) is 1. The number of nitrogens with zero attached hydrogens (tertiary/aromatic N) is 2. The minimum Gasteiger partial charge on any atom is -0.490 e. The van der Waals surface area contributed by atoms with Gasteiger partial charge in [0, 0.05) is 20.0 Å². The van der Waals surface area contributed by atoms with E-state index in [2.05, 4.69) is 0 Å². The molecule has 166 valence electrons. The predicted octanol–water partition coefficient (Wildman–Crippen LogP) is 2.97. The number of carbonyl (C=O) groups excluding carboxylic acids is 1. The molecule has 0 radical (unpaired) electrons. The molecule has 2 aliphatic heterocycles. The van der Waals surface area contributed by atoms with Crippen molar-refractivity contribution < 1.29 is 27.1 Å². The van der Waals surface area contributed by atoms with E-state index in [9.17, 15) is 17.6 Å². The molecule has 2 aromatic rings. The van der Waals surface area contributed by atoms with Crippen molar-refractivity contribution in [3.63, 3.8) is 0 Å². The molecule has 2 heterocycles. The molecule has 0 N–H and O–H groups in total. The average molecular weight is 449 g/mol. The number of ether oxygens (including phenoxy) is 2. The lowest BCUT2D eigenvalue weighted by molar-refractivity contribution is -0.132. The van der Waals surface area contributed by atoms with Gasteiger partial charge in [-0.25, -0.2) is 12.8 Å². The maximum absolute atomic E-state index is 13.1. The van der Waals surface area contributed by atoms with Gasteiger partial charge in [0.05, 0.1) is 30.7 Å². The van der Waals surface area contributed by atoms with E-state index in [1.54, 1.807) is 4.90 Å². The zero-order chi connectivity index (χ0) is 22.0. The van der Waals surface area contributed by atoms with Crippen LogP contribution in [0.5, 0.6) is 11.5 Å². The summed E-state index contributed by atoms with van der Waals surface area (Å²) in [6.07, 6.45) is 2.44. The largest absolute Gasteiger partial charge is 0.490 e. The lowest BCUT2D eigenvalue weighted by atomic mass is 10.0. The van der Waals surface area contributed by atoms with Crippen molar-refractivity contribution in [3.05, 3.63) is 53.8 Å². The van der Waals surface area contributed by atoms with E-state index in [1.807, 2.05) is 18.2 Å². The molecular weight excluding hydrogens is 423 g/mol. The SMILES string of the molecule is CN(CC(=O)N1CCC[C@@H]1c1ccc2c(c1)OCCCO2)S(=O)(=O)c1ccc(F)cc1. The molecule has 0 saturated carbocycles. The first-order valence-corrected chi connectivity index (χ1v) is 11.7. The average Bonchev–Trinajstić information content (AvgIpc) is 3.13. The fourth-order valence-electron chi connectivity index (χ4n) is 3.95. The van der Waals surface area contributed by atoms with E-state index in [4.69, 9.17) is 9.47 Å². The van der Waals surface area contributed by atoms with Crippen LogP contribution in [0.1, 0.15) is 30.9 Å². The van der Waals surface area contributed by atoms with Gasteiger partial charge < -0.3 is 14.4 Å². The number of hydrogen-bond donors (Lipinski definition) is 0. The number of fused-ring (bicyclic) bond motifs is 1. The Balaban J connectivity index is 1.49. The van der Waals surface area contributed by atoms with Crippen LogP contribution in [-0.2, 0) is 14.8 Å². The molecule has 9 heteroatoms. The number of amides is 1.